The Hall–Kier alpha value is -2.83. The van der Waals surface area contributed by atoms with Crippen molar-refractivity contribution in [2.75, 3.05) is 0 Å². The smallest absolute Gasteiger partial charge is 0.250 e. The van der Waals surface area contributed by atoms with Crippen molar-refractivity contribution in [1.29, 1.82) is 0 Å². The van der Waals surface area contributed by atoms with E-state index in [1.165, 1.54) is 33.0 Å². The number of hydrogen-bond donors (Lipinski definition) is 0. The monoisotopic (exact) mass is 833 g/mol. The Kier molecular flexibility index (Phi) is 10.1. The summed E-state index contributed by atoms with van der Waals surface area (Å²) in [5, 5.41) is 2.34. The summed E-state index contributed by atoms with van der Waals surface area (Å²) in [6, 6.07) is 29.6. The third-order valence-electron chi connectivity index (χ3n) is 10.3. The topological polar surface area (TPSA) is 25.8 Å². The maximum atomic E-state index is 5.59. The van der Waals surface area contributed by atoms with Crippen molar-refractivity contribution in [3.8, 4) is 0 Å². The van der Waals surface area contributed by atoms with E-state index in [-0.39, 0.29) is 53.6 Å². The van der Waals surface area contributed by atoms with Crippen molar-refractivity contribution >= 4 is 21.8 Å². The minimum atomic E-state index is -0.371. The molecule has 5 aromatic rings. The summed E-state index contributed by atoms with van der Waals surface area (Å²) in [7, 11) is 0. The van der Waals surface area contributed by atoms with E-state index in [1.54, 1.807) is 0 Å². The number of benzene rings is 3. The van der Waals surface area contributed by atoms with Gasteiger partial charge in [-0.05, 0) is 44.9 Å². The molecule has 0 fully saturated rings. The van der Waals surface area contributed by atoms with Crippen LogP contribution in [0, 0.1) is 12.1 Å². The van der Waals surface area contributed by atoms with Crippen LogP contribution in [0.4, 0.5) is 0 Å². The first-order chi connectivity index (χ1) is 21.8. The summed E-state index contributed by atoms with van der Waals surface area (Å²) < 4.78 is 0. The van der Waals surface area contributed by atoms with Gasteiger partial charge in [-0.25, -0.2) is 9.97 Å². The number of aromatic nitrogens is 2. The number of nitrogens with zero attached hydrogens (tertiary/aromatic N) is 2. The van der Waals surface area contributed by atoms with Crippen LogP contribution in [0.5, 0.6) is 0 Å². The quantitative estimate of drug-likeness (QED) is 0.133. The molecule has 0 radical (unpaired) electrons. The summed E-state index contributed by atoms with van der Waals surface area (Å²) in [4.78, 5) is 11.2. The first-order valence-electron chi connectivity index (χ1n) is 17.7. The molecule has 2 aromatic heterocycles. The Morgan fingerprint density at radius 2 is 0.755 bits per heavy atom. The molecule has 0 spiro atoms. The van der Waals surface area contributed by atoms with Gasteiger partial charge in [0.2, 0.25) is 0 Å². The Bertz CT molecular complexity index is 1850. The minimum Gasteiger partial charge on any atom is -0.250 e. The van der Waals surface area contributed by atoms with Crippen molar-refractivity contribution in [1.82, 2.24) is 9.97 Å². The van der Waals surface area contributed by atoms with E-state index in [0.29, 0.717) is 0 Å². The van der Waals surface area contributed by atoms with Gasteiger partial charge in [-0.1, -0.05) is 123 Å². The molecule has 3 aromatic carbocycles. The molecule has 0 N–H and O–H groups in total. The molecule has 0 atom stereocenters. The van der Waals surface area contributed by atoms with Crippen molar-refractivity contribution in [2.45, 2.75) is 143 Å². The van der Waals surface area contributed by atoms with Gasteiger partial charge in [0.15, 0.2) is 0 Å². The van der Waals surface area contributed by atoms with Crippen LogP contribution >= 0.6 is 0 Å². The number of hydrogen-bond acceptors (Lipinski definition) is 2. The number of rotatable bonds is 4. The van der Waals surface area contributed by atoms with Crippen molar-refractivity contribution in [3.63, 3.8) is 0 Å². The minimum absolute atomic E-state index is 0. The summed E-state index contributed by atoms with van der Waals surface area (Å²) in [5.74, 6) is 0. The van der Waals surface area contributed by atoms with Crippen molar-refractivity contribution < 1.29 is 21.1 Å². The standard InChI is InChI=1S/C46H58N2.Pt/c1-41(2,3)29-19-17-21-31(25-29)45(13,14)37-27-35(43(7,8)9)33-23-24-34-36(44(10,11)12)28-38(48-40(34)39(33)47-37)46(15,16)32-22-18-20-30(26-32)42(4,5)6;/h17-20,23-28H,1-16H3;/q-2;+2. The van der Waals surface area contributed by atoms with Crippen LogP contribution in [0.25, 0.3) is 21.8 Å². The average Bonchev–Trinajstić information content (AvgIpc) is 2.98. The second-order valence-corrected chi connectivity index (χ2v) is 19.2. The van der Waals surface area contributed by atoms with Crippen LogP contribution in [0.3, 0.4) is 0 Å². The fourth-order valence-electron chi connectivity index (χ4n) is 6.72. The first-order valence-corrected chi connectivity index (χ1v) is 17.7. The molecule has 0 unspecified atom stereocenters. The van der Waals surface area contributed by atoms with Gasteiger partial charge >= 0.3 is 21.1 Å². The Balaban J connectivity index is 0.00000541. The molecule has 0 bridgehead atoms. The average molecular weight is 834 g/mol. The SMILES string of the molecule is CC(C)(C)c1cc[c-]c(C(C)(C)c2cc(C(C)(C)C)c3ccc4c(C(C)(C)C)cc(C(C)(C)c5[c-]ccc(C(C)(C)C)c5)nc4c3n2)c1.[Pt+2]. The molecular weight excluding hydrogens is 776 g/mol. The largest absolute Gasteiger partial charge is 2.00 e. The molecule has 0 aliphatic rings. The zero-order valence-corrected chi connectivity index (χ0v) is 35.3. The normalized spacial score (nSPS) is 13.6. The summed E-state index contributed by atoms with van der Waals surface area (Å²) in [6.07, 6.45) is 0. The summed E-state index contributed by atoms with van der Waals surface area (Å²) in [6.45, 7) is 36.6. The second-order valence-electron chi connectivity index (χ2n) is 19.2. The molecule has 2 heterocycles. The Morgan fingerprint density at radius 3 is 1.04 bits per heavy atom. The molecule has 3 heteroatoms. The van der Waals surface area contributed by atoms with E-state index in [0.717, 1.165) is 33.5 Å². The number of pyridine rings is 2. The van der Waals surface area contributed by atoms with Crippen LogP contribution in [0.15, 0.2) is 60.7 Å². The molecular formula is C46H58N2Pt. The fourth-order valence-corrected chi connectivity index (χ4v) is 6.72. The van der Waals surface area contributed by atoms with E-state index in [4.69, 9.17) is 9.97 Å². The predicted molar refractivity (Wildman–Crippen MR) is 207 cm³/mol. The van der Waals surface area contributed by atoms with Crippen LogP contribution in [0.2, 0.25) is 0 Å². The summed E-state index contributed by atoms with van der Waals surface area (Å²) >= 11 is 0. The van der Waals surface area contributed by atoms with Gasteiger partial charge in [0, 0.05) is 33.0 Å². The zero-order valence-electron chi connectivity index (χ0n) is 33.0. The zero-order chi connectivity index (χ0) is 35.8. The molecule has 0 saturated carbocycles. The first kappa shape index (κ1) is 39.0. The van der Waals surface area contributed by atoms with Gasteiger partial charge in [-0.15, -0.1) is 0 Å². The molecule has 262 valence electrons. The van der Waals surface area contributed by atoms with Gasteiger partial charge < -0.3 is 0 Å². The van der Waals surface area contributed by atoms with Gasteiger partial charge in [-0.3, -0.25) is 0 Å². The fraction of sp³-hybridized carbons (Fsp3) is 0.478. The molecule has 0 aliphatic carbocycles. The van der Waals surface area contributed by atoms with Crippen LogP contribution < -0.4 is 0 Å². The van der Waals surface area contributed by atoms with Crippen LogP contribution in [-0.2, 0) is 53.6 Å². The van der Waals surface area contributed by atoms with Crippen LogP contribution in [-0.4, -0.2) is 9.97 Å². The third kappa shape index (κ3) is 7.47. The summed E-state index contributed by atoms with van der Waals surface area (Å²) in [5.41, 5.74) is 10.7. The Labute approximate surface area is 312 Å². The van der Waals surface area contributed by atoms with E-state index in [9.17, 15) is 0 Å². The van der Waals surface area contributed by atoms with E-state index >= 15 is 0 Å². The van der Waals surface area contributed by atoms with E-state index in [2.05, 4.69) is 184 Å². The van der Waals surface area contributed by atoms with Crippen LogP contribution in [0.1, 0.15) is 156 Å². The van der Waals surface area contributed by atoms with Gasteiger partial charge in [-0.2, -0.15) is 70.8 Å². The Morgan fingerprint density at radius 1 is 0.429 bits per heavy atom. The maximum absolute atomic E-state index is 5.59. The van der Waals surface area contributed by atoms with E-state index in [1.807, 2.05) is 0 Å². The van der Waals surface area contributed by atoms with Crippen molar-refractivity contribution in [3.05, 3.63) is 118 Å². The molecule has 0 saturated heterocycles. The molecule has 5 rings (SSSR count). The van der Waals surface area contributed by atoms with Crippen molar-refractivity contribution in [2.24, 2.45) is 0 Å². The van der Waals surface area contributed by atoms with Gasteiger partial charge in [0.05, 0.1) is 11.0 Å². The molecule has 0 amide bonds. The second kappa shape index (κ2) is 12.7. The third-order valence-corrected chi connectivity index (χ3v) is 10.3. The molecule has 0 aliphatic heterocycles. The van der Waals surface area contributed by atoms with E-state index < -0.39 is 0 Å². The predicted octanol–water partition coefficient (Wildman–Crippen LogP) is 12.2. The number of fused-ring (bicyclic) bond motifs is 3. The molecule has 2 nitrogen and oxygen atoms in total. The molecule has 49 heavy (non-hydrogen) atoms. The van der Waals surface area contributed by atoms with Gasteiger partial charge in [0.1, 0.15) is 0 Å². The maximum Gasteiger partial charge on any atom is 2.00 e. The van der Waals surface area contributed by atoms with Gasteiger partial charge in [0.25, 0.3) is 0 Å².